The molecule has 0 saturated heterocycles. The maximum absolute atomic E-state index is 12.1. The van der Waals surface area contributed by atoms with E-state index in [9.17, 15) is 9.59 Å². The highest BCUT2D eigenvalue weighted by molar-refractivity contribution is 5.98. The van der Waals surface area contributed by atoms with Gasteiger partial charge in [0.1, 0.15) is 11.8 Å². The van der Waals surface area contributed by atoms with Crippen LogP contribution in [0.1, 0.15) is 31.1 Å². The molecule has 1 rings (SSSR count). The molecule has 0 fully saturated rings. The fourth-order valence-electron chi connectivity index (χ4n) is 1.66. The van der Waals surface area contributed by atoms with Crippen LogP contribution >= 0.6 is 0 Å². The van der Waals surface area contributed by atoms with Gasteiger partial charge in [-0.25, -0.2) is 0 Å². The summed E-state index contributed by atoms with van der Waals surface area (Å²) < 4.78 is 5.07. The molecule has 1 atom stereocenters. The van der Waals surface area contributed by atoms with E-state index >= 15 is 0 Å². The summed E-state index contributed by atoms with van der Waals surface area (Å²) in [6.07, 6.45) is 0. The molecule has 0 aromatic heterocycles. The Balaban J connectivity index is 2.66. The van der Waals surface area contributed by atoms with Gasteiger partial charge in [0.2, 0.25) is 5.91 Å². The Kier molecular flexibility index (Phi) is 6.02. The van der Waals surface area contributed by atoms with Gasteiger partial charge in [0.15, 0.2) is 0 Å². The predicted molar refractivity (Wildman–Crippen MR) is 82.2 cm³/mol. The van der Waals surface area contributed by atoms with Crippen molar-refractivity contribution in [3.63, 3.8) is 0 Å². The average Bonchev–Trinajstić information content (AvgIpc) is 2.44. The standard InChI is InChI=1S/C15H23N3O3/c1-9(2)8-17-14(19)10(3)18-15(20)11-5-6-12(16)13(7-11)21-4/h5-7,9-10H,8,16H2,1-4H3,(H,17,19)(H,18,20). The van der Waals surface area contributed by atoms with Gasteiger partial charge in [-0.3, -0.25) is 9.59 Å². The average molecular weight is 293 g/mol. The zero-order valence-electron chi connectivity index (χ0n) is 12.9. The first kappa shape index (κ1) is 16.8. The van der Waals surface area contributed by atoms with E-state index in [1.165, 1.54) is 7.11 Å². The number of hydrogen-bond donors (Lipinski definition) is 3. The predicted octanol–water partition coefficient (Wildman–Crippen LogP) is 1.17. The van der Waals surface area contributed by atoms with Crippen molar-refractivity contribution in [2.24, 2.45) is 5.92 Å². The lowest BCUT2D eigenvalue weighted by atomic mass is 10.1. The van der Waals surface area contributed by atoms with E-state index in [1.807, 2.05) is 13.8 Å². The molecule has 0 bridgehead atoms. The van der Waals surface area contributed by atoms with Crippen LogP contribution in [0.2, 0.25) is 0 Å². The Labute approximate surface area is 125 Å². The molecule has 0 aliphatic carbocycles. The Morgan fingerprint density at radius 2 is 1.95 bits per heavy atom. The molecule has 0 aliphatic rings. The minimum atomic E-state index is -0.611. The van der Waals surface area contributed by atoms with Gasteiger partial charge < -0.3 is 21.1 Å². The van der Waals surface area contributed by atoms with Crippen LogP contribution in [0.4, 0.5) is 5.69 Å². The number of carbonyl (C=O) groups is 2. The van der Waals surface area contributed by atoms with E-state index in [1.54, 1.807) is 25.1 Å². The first-order chi connectivity index (χ1) is 9.85. The molecule has 1 aromatic carbocycles. The molecule has 0 spiro atoms. The van der Waals surface area contributed by atoms with E-state index < -0.39 is 6.04 Å². The minimum Gasteiger partial charge on any atom is -0.495 e. The van der Waals surface area contributed by atoms with Gasteiger partial charge in [-0.1, -0.05) is 13.8 Å². The van der Waals surface area contributed by atoms with E-state index in [-0.39, 0.29) is 11.8 Å². The van der Waals surface area contributed by atoms with Crippen molar-refractivity contribution in [1.29, 1.82) is 0 Å². The van der Waals surface area contributed by atoms with Crippen LogP contribution in [0.15, 0.2) is 18.2 Å². The van der Waals surface area contributed by atoms with Crippen LogP contribution in [-0.2, 0) is 4.79 Å². The fraction of sp³-hybridized carbons (Fsp3) is 0.467. The number of nitrogens with two attached hydrogens (primary N) is 1. The molecule has 21 heavy (non-hydrogen) atoms. The van der Waals surface area contributed by atoms with Crippen LogP contribution in [-0.4, -0.2) is 31.5 Å². The number of nitrogens with one attached hydrogen (secondary N) is 2. The number of rotatable bonds is 6. The summed E-state index contributed by atoms with van der Waals surface area (Å²) in [5.74, 6) is 0.234. The Bertz CT molecular complexity index is 515. The molecule has 116 valence electrons. The highest BCUT2D eigenvalue weighted by atomic mass is 16.5. The zero-order chi connectivity index (χ0) is 16.0. The van der Waals surface area contributed by atoms with Gasteiger partial charge in [-0.05, 0) is 31.0 Å². The number of hydrogen-bond acceptors (Lipinski definition) is 4. The number of amides is 2. The number of benzene rings is 1. The van der Waals surface area contributed by atoms with Gasteiger partial charge in [0.05, 0.1) is 12.8 Å². The molecule has 6 nitrogen and oxygen atoms in total. The van der Waals surface area contributed by atoms with E-state index in [4.69, 9.17) is 10.5 Å². The third kappa shape index (κ3) is 4.98. The van der Waals surface area contributed by atoms with E-state index in [0.29, 0.717) is 29.5 Å². The summed E-state index contributed by atoms with van der Waals surface area (Å²) in [5.41, 5.74) is 6.55. The summed E-state index contributed by atoms with van der Waals surface area (Å²) in [6, 6.07) is 4.12. The number of carbonyl (C=O) groups excluding carboxylic acids is 2. The fourth-order valence-corrected chi connectivity index (χ4v) is 1.66. The van der Waals surface area contributed by atoms with Gasteiger partial charge in [0, 0.05) is 12.1 Å². The molecule has 1 unspecified atom stereocenters. The highest BCUT2D eigenvalue weighted by Gasteiger charge is 2.17. The summed E-state index contributed by atoms with van der Waals surface area (Å²) in [6.45, 7) is 6.23. The first-order valence-electron chi connectivity index (χ1n) is 6.87. The SMILES string of the molecule is COc1cc(C(=O)NC(C)C(=O)NCC(C)C)ccc1N. The normalized spacial score (nSPS) is 11.9. The number of methoxy groups -OCH3 is 1. The third-order valence-corrected chi connectivity index (χ3v) is 2.92. The van der Waals surface area contributed by atoms with Crippen molar-refractivity contribution in [1.82, 2.24) is 10.6 Å². The third-order valence-electron chi connectivity index (χ3n) is 2.92. The molecule has 0 radical (unpaired) electrons. The second kappa shape index (κ2) is 7.52. The zero-order valence-corrected chi connectivity index (χ0v) is 12.9. The lowest BCUT2D eigenvalue weighted by molar-refractivity contribution is -0.122. The lowest BCUT2D eigenvalue weighted by Crippen LogP contribution is -2.45. The van der Waals surface area contributed by atoms with E-state index in [0.717, 1.165) is 0 Å². The highest BCUT2D eigenvalue weighted by Crippen LogP contribution is 2.22. The molecular formula is C15H23N3O3. The Morgan fingerprint density at radius 3 is 2.52 bits per heavy atom. The van der Waals surface area contributed by atoms with Crippen LogP contribution in [0.5, 0.6) is 5.75 Å². The number of nitrogen functional groups attached to an aromatic ring is 1. The van der Waals surface area contributed by atoms with Crippen LogP contribution in [0, 0.1) is 5.92 Å². The van der Waals surface area contributed by atoms with Crippen molar-refractivity contribution < 1.29 is 14.3 Å². The minimum absolute atomic E-state index is 0.209. The van der Waals surface area contributed by atoms with Crippen molar-refractivity contribution >= 4 is 17.5 Å². The van der Waals surface area contributed by atoms with Gasteiger partial charge in [-0.15, -0.1) is 0 Å². The quantitative estimate of drug-likeness (QED) is 0.686. The molecule has 0 saturated carbocycles. The number of ether oxygens (including phenoxy) is 1. The summed E-state index contributed by atoms with van der Waals surface area (Å²) in [5, 5.41) is 5.42. The van der Waals surface area contributed by atoms with Crippen molar-refractivity contribution in [2.75, 3.05) is 19.4 Å². The Hall–Kier alpha value is -2.24. The van der Waals surface area contributed by atoms with Crippen molar-refractivity contribution in [2.45, 2.75) is 26.8 Å². The lowest BCUT2D eigenvalue weighted by Gasteiger charge is -2.15. The molecule has 2 amide bonds. The largest absolute Gasteiger partial charge is 0.495 e. The number of anilines is 1. The molecular weight excluding hydrogens is 270 g/mol. The maximum atomic E-state index is 12.1. The summed E-state index contributed by atoms with van der Waals surface area (Å²) >= 11 is 0. The smallest absolute Gasteiger partial charge is 0.252 e. The first-order valence-corrected chi connectivity index (χ1v) is 6.87. The van der Waals surface area contributed by atoms with Crippen molar-refractivity contribution in [3.05, 3.63) is 23.8 Å². The van der Waals surface area contributed by atoms with Gasteiger partial charge >= 0.3 is 0 Å². The second-order valence-corrected chi connectivity index (χ2v) is 5.29. The topological polar surface area (TPSA) is 93.4 Å². The molecule has 0 heterocycles. The second-order valence-electron chi connectivity index (χ2n) is 5.29. The summed E-state index contributed by atoms with van der Waals surface area (Å²) in [4.78, 5) is 23.9. The molecule has 1 aromatic rings. The van der Waals surface area contributed by atoms with E-state index in [2.05, 4.69) is 10.6 Å². The van der Waals surface area contributed by atoms with Crippen LogP contribution in [0.25, 0.3) is 0 Å². The van der Waals surface area contributed by atoms with Crippen LogP contribution < -0.4 is 21.1 Å². The van der Waals surface area contributed by atoms with Gasteiger partial charge in [0.25, 0.3) is 5.91 Å². The molecule has 0 aliphatic heterocycles. The Morgan fingerprint density at radius 1 is 1.29 bits per heavy atom. The van der Waals surface area contributed by atoms with Gasteiger partial charge in [-0.2, -0.15) is 0 Å². The maximum Gasteiger partial charge on any atom is 0.252 e. The van der Waals surface area contributed by atoms with Crippen molar-refractivity contribution in [3.8, 4) is 5.75 Å². The summed E-state index contributed by atoms with van der Waals surface area (Å²) in [7, 11) is 1.48. The monoisotopic (exact) mass is 293 g/mol. The molecule has 6 heteroatoms. The van der Waals surface area contributed by atoms with Crippen LogP contribution in [0.3, 0.4) is 0 Å². The molecule has 4 N–H and O–H groups in total.